The smallest absolute Gasteiger partial charge is 0.270 e. The zero-order chi connectivity index (χ0) is 18.8. The Bertz CT molecular complexity index is 563. The lowest BCUT2D eigenvalue weighted by atomic mass is 9.87. The van der Waals surface area contributed by atoms with E-state index in [1.165, 1.54) is 6.20 Å². The van der Waals surface area contributed by atoms with Crippen LogP contribution in [-0.2, 0) is 9.59 Å². The number of nitrogens with one attached hydrogen (secondary N) is 1. The van der Waals surface area contributed by atoms with Gasteiger partial charge in [-0.05, 0) is 24.5 Å². The second kappa shape index (κ2) is 10.6. The van der Waals surface area contributed by atoms with Crippen LogP contribution >= 0.6 is 0 Å². The molecule has 2 amide bonds. The fourth-order valence-corrected chi connectivity index (χ4v) is 2.58. The first-order valence-electron chi connectivity index (χ1n) is 8.57. The Labute approximate surface area is 148 Å². The molecule has 0 aromatic carbocycles. The Kier molecular flexibility index (Phi) is 8.77. The Morgan fingerprint density at radius 2 is 2.08 bits per heavy atom. The molecule has 0 saturated carbocycles. The van der Waals surface area contributed by atoms with E-state index in [1.54, 1.807) is 18.2 Å². The van der Waals surface area contributed by atoms with Gasteiger partial charge in [-0.25, -0.2) is 5.06 Å². The lowest BCUT2D eigenvalue weighted by Crippen LogP contribution is -2.48. The number of rotatable bonds is 11. The van der Waals surface area contributed by atoms with Crippen molar-refractivity contribution in [2.45, 2.75) is 46.1 Å². The van der Waals surface area contributed by atoms with Gasteiger partial charge in [-0.1, -0.05) is 39.7 Å². The van der Waals surface area contributed by atoms with Gasteiger partial charge in [0.05, 0.1) is 12.6 Å². The highest BCUT2D eigenvalue weighted by Crippen LogP contribution is 2.17. The average Bonchev–Trinajstić information content (AvgIpc) is 2.62. The summed E-state index contributed by atoms with van der Waals surface area (Å²) in [4.78, 5) is 39.9. The number of nitrogens with zero attached hydrogens (tertiary/aromatic N) is 2. The van der Waals surface area contributed by atoms with Crippen LogP contribution in [0.5, 0.6) is 0 Å². The largest absolute Gasteiger partial charge is 0.341 e. The molecule has 2 N–H and O–H groups in total. The number of carbonyl (C=O) groups is 3. The molecule has 1 heterocycles. The summed E-state index contributed by atoms with van der Waals surface area (Å²) in [5.41, 5.74) is 0.239. The van der Waals surface area contributed by atoms with E-state index < -0.39 is 17.9 Å². The van der Waals surface area contributed by atoms with Gasteiger partial charge in [0, 0.05) is 12.1 Å². The number of amides is 2. The SMILES string of the molecule is CCCC[C@H](CN(O)C=O)C(=O)[C@@H](NC(=O)c1ccccn1)C(C)C. The van der Waals surface area contributed by atoms with Crippen LogP contribution in [-0.4, -0.2) is 45.9 Å². The molecule has 2 atom stereocenters. The van der Waals surface area contributed by atoms with Crippen LogP contribution in [0.1, 0.15) is 50.5 Å². The zero-order valence-electron chi connectivity index (χ0n) is 15.0. The standard InChI is InChI=1S/C18H27N3O4/c1-4-5-8-14(11-21(25)12-22)17(23)16(13(2)3)20-18(24)15-9-6-7-10-19-15/h6-7,9-10,12-14,16,25H,4-5,8,11H2,1-3H3,(H,20,24)/t14-,16+/m1/s1. The molecule has 0 spiro atoms. The van der Waals surface area contributed by atoms with Gasteiger partial charge in [0.25, 0.3) is 5.91 Å². The lowest BCUT2D eigenvalue weighted by molar-refractivity contribution is -0.154. The van der Waals surface area contributed by atoms with E-state index in [0.717, 1.165) is 12.8 Å². The quantitative estimate of drug-likeness (QED) is 0.362. The van der Waals surface area contributed by atoms with E-state index >= 15 is 0 Å². The zero-order valence-corrected chi connectivity index (χ0v) is 15.0. The average molecular weight is 349 g/mol. The minimum atomic E-state index is -0.712. The van der Waals surface area contributed by atoms with Crippen LogP contribution in [0.4, 0.5) is 0 Å². The van der Waals surface area contributed by atoms with E-state index in [2.05, 4.69) is 10.3 Å². The van der Waals surface area contributed by atoms with Gasteiger partial charge in [0.2, 0.25) is 6.41 Å². The topological polar surface area (TPSA) is 99.6 Å². The van der Waals surface area contributed by atoms with Crippen molar-refractivity contribution in [2.24, 2.45) is 11.8 Å². The molecule has 0 unspecified atom stereocenters. The van der Waals surface area contributed by atoms with Crippen molar-refractivity contribution < 1.29 is 19.6 Å². The Morgan fingerprint density at radius 3 is 2.60 bits per heavy atom. The molecular formula is C18H27N3O4. The maximum absolute atomic E-state index is 12.9. The van der Waals surface area contributed by atoms with Crippen molar-refractivity contribution in [3.05, 3.63) is 30.1 Å². The maximum atomic E-state index is 12.9. The predicted molar refractivity (Wildman–Crippen MR) is 92.9 cm³/mol. The summed E-state index contributed by atoms with van der Waals surface area (Å²) in [6, 6.07) is 4.27. The van der Waals surface area contributed by atoms with Crippen molar-refractivity contribution in [1.82, 2.24) is 15.4 Å². The molecule has 0 aliphatic carbocycles. The van der Waals surface area contributed by atoms with Crippen LogP contribution in [0.3, 0.4) is 0 Å². The summed E-state index contributed by atoms with van der Waals surface area (Å²) in [6.07, 6.45) is 4.02. The fraction of sp³-hybridized carbons (Fsp3) is 0.556. The number of unbranched alkanes of at least 4 members (excludes halogenated alkanes) is 1. The van der Waals surface area contributed by atoms with Gasteiger partial charge in [-0.2, -0.15) is 0 Å². The molecular weight excluding hydrogens is 322 g/mol. The molecule has 1 aromatic heterocycles. The van der Waals surface area contributed by atoms with E-state index in [4.69, 9.17) is 0 Å². The van der Waals surface area contributed by atoms with Crippen LogP contribution in [0.2, 0.25) is 0 Å². The highest BCUT2D eigenvalue weighted by atomic mass is 16.5. The third-order valence-electron chi connectivity index (χ3n) is 3.99. The van der Waals surface area contributed by atoms with Crippen molar-refractivity contribution in [3.8, 4) is 0 Å². The Balaban J connectivity index is 2.90. The number of hydrogen-bond acceptors (Lipinski definition) is 5. The monoisotopic (exact) mass is 349 g/mol. The molecule has 0 aliphatic rings. The van der Waals surface area contributed by atoms with Gasteiger partial charge < -0.3 is 5.32 Å². The molecule has 0 fully saturated rings. The molecule has 7 heteroatoms. The highest BCUT2D eigenvalue weighted by molar-refractivity contribution is 5.97. The highest BCUT2D eigenvalue weighted by Gasteiger charge is 2.31. The van der Waals surface area contributed by atoms with Crippen molar-refractivity contribution in [1.29, 1.82) is 0 Å². The number of ketones is 1. The fourth-order valence-electron chi connectivity index (χ4n) is 2.58. The summed E-state index contributed by atoms with van der Waals surface area (Å²) in [7, 11) is 0. The number of pyridine rings is 1. The third kappa shape index (κ3) is 6.62. The Morgan fingerprint density at radius 1 is 1.36 bits per heavy atom. The molecule has 1 rings (SSSR count). The van der Waals surface area contributed by atoms with Gasteiger partial charge >= 0.3 is 0 Å². The maximum Gasteiger partial charge on any atom is 0.270 e. The number of hydrogen-bond donors (Lipinski definition) is 2. The summed E-state index contributed by atoms with van der Waals surface area (Å²) >= 11 is 0. The molecule has 138 valence electrons. The predicted octanol–water partition coefficient (Wildman–Crippen LogP) is 2.06. The van der Waals surface area contributed by atoms with Crippen molar-refractivity contribution in [3.63, 3.8) is 0 Å². The molecule has 7 nitrogen and oxygen atoms in total. The molecule has 0 bridgehead atoms. The first kappa shape index (κ1) is 20.8. The van der Waals surface area contributed by atoms with Crippen LogP contribution in [0.25, 0.3) is 0 Å². The molecule has 0 radical (unpaired) electrons. The first-order chi connectivity index (χ1) is 11.9. The number of Topliss-reactive ketones (excluding diaryl/α,β-unsaturated/α-hetero) is 1. The third-order valence-corrected chi connectivity index (χ3v) is 3.99. The summed E-state index contributed by atoms with van der Waals surface area (Å²) in [5, 5.41) is 12.7. The number of hydroxylamine groups is 2. The second-order valence-corrected chi connectivity index (χ2v) is 6.38. The molecule has 0 aliphatic heterocycles. The molecule has 1 aromatic rings. The molecule has 0 saturated heterocycles. The van der Waals surface area contributed by atoms with Crippen LogP contribution in [0, 0.1) is 11.8 Å². The minimum absolute atomic E-state index is 0.0784. The first-order valence-corrected chi connectivity index (χ1v) is 8.57. The van der Waals surface area contributed by atoms with Crippen molar-refractivity contribution in [2.75, 3.05) is 6.54 Å². The van der Waals surface area contributed by atoms with E-state index in [-0.39, 0.29) is 30.3 Å². The van der Waals surface area contributed by atoms with Gasteiger partial charge in [0.15, 0.2) is 5.78 Å². The van der Waals surface area contributed by atoms with E-state index in [0.29, 0.717) is 11.5 Å². The summed E-state index contributed by atoms with van der Waals surface area (Å²) < 4.78 is 0. The van der Waals surface area contributed by atoms with Crippen molar-refractivity contribution >= 4 is 18.1 Å². The normalized spacial score (nSPS) is 13.2. The number of aromatic nitrogens is 1. The second-order valence-electron chi connectivity index (χ2n) is 6.38. The summed E-state index contributed by atoms with van der Waals surface area (Å²) in [5.74, 6) is -1.27. The van der Waals surface area contributed by atoms with Gasteiger partial charge in [0.1, 0.15) is 5.69 Å². The Hall–Kier alpha value is -2.28. The summed E-state index contributed by atoms with van der Waals surface area (Å²) in [6.45, 7) is 5.61. The molecule has 25 heavy (non-hydrogen) atoms. The van der Waals surface area contributed by atoms with Crippen LogP contribution in [0.15, 0.2) is 24.4 Å². The lowest BCUT2D eigenvalue weighted by Gasteiger charge is -2.27. The van der Waals surface area contributed by atoms with Gasteiger partial charge in [-0.15, -0.1) is 0 Å². The van der Waals surface area contributed by atoms with E-state index in [1.807, 2.05) is 20.8 Å². The number of carbonyl (C=O) groups excluding carboxylic acids is 3. The van der Waals surface area contributed by atoms with E-state index in [9.17, 15) is 19.6 Å². The van der Waals surface area contributed by atoms with Gasteiger partial charge in [-0.3, -0.25) is 24.6 Å². The minimum Gasteiger partial charge on any atom is -0.341 e. The van der Waals surface area contributed by atoms with Crippen LogP contribution < -0.4 is 5.32 Å².